The smallest absolute Gasteiger partial charge is 0.253 e. The molecule has 3 rings (SSSR count). The predicted octanol–water partition coefficient (Wildman–Crippen LogP) is 4.81. The molecule has 1 aromatic carbocycles. The normalized spacial score (nSPS) is 16.0. The molecule has 0 radical (unpaired) electrons. The molecular formula is C22H27FN2O2. The lowest BCUT2D eigenvalue weighted by molar-refractivity contribution is 0.0918. The van der Waals surface area contributed by atoms with Gasteiger partial charge in [0.2, 0.25) is 5.88 Å². The van der Waals surface area contributed by atoms with Gasteiger partial charge < -0.3 is 10.1 Å². The van der Waals surface area contributed by atoms with Crippen LogP contribution in [-0.2, 0) is 6.61 Å². The average molecular weight is 370 g/mol. The summed E-state index contributed by atoms with van der Waals surface area (Å²) >= 11 is 0. The SMILES string of the molecule is Cc1cc(OCc2cccc(F)c2)ncc1C(=O)NC(C)C1CCCCC1. The van der Waals surface area contributed by atoms with Crippen LogP contribution in [0.2, 0.25) is 0 Å². The summed E-state index contributed by atoms with van der Waals surface area (Å²) in [5.74, 6) is 0.604. The minimum Gasteiger partial charge on any atom is -0.473 e. The fourth-order valence-electron chi connectivity index (χ4n) is 3.67. The molecule has 4 nitrogen and oxygen atoms in total. The number of ether oxygens (including phenoxy) is 1. The third-order valence-corrected chi connectivity index (χ3v) is 5.32. The largest absolute Gasteiger partial charge is 0.473 e. The van der Waals surface area contributed by atoms with Crippen LogP contribution in [0.4, 0.5) is 4.39 Å². The Morgan fingerprint density at radius 1 is 1.30 bits per heavy atom. The molecule has 1 fully saturated rings. The van der Waals surface area contributed by atoms with E-state index in [4.69, 9.17) is 4.74 Å². The number of hydrogen-bond donors (Lipinski definition) is 1. The maximum absolute atomic E-state index is 13.2. The van der Waals surface area contributed by atoms with E-state index in [0.717, 1.165) is 11.1 Å². The van der Waals surface area contributed by atoms with E-state index in [0.29, 0.717) is 17.4 Å². The van der Waals surface area contributed by atoms with Crippen LogP contribution in [0.3, 0.4) is 0 Å². The van der Waals surface area contributed by atoms with Crippen LogP contribution in [0.1, 0.15) is 60.5 Å². The van der Waals surface area contributed by atoms with Gasteiger partial charge in [-0.05, 0) is 55.9 Å². The van der Waals surface area contributed by atoms with E-state index in [2.05, 4.69) is 17.2 Å². The highest BCUT2D eigenvalue weighted by molar-refractivity contribution is 5.95. The van der Waals surface area contributed by atoms with Gasteiger partial charge in [-0.25, -0.2) is 9.37 Å². The number of pyridine rings is 1. The number of nitrogens with one attached hydrogen (secondary N) is 1. The number of aromatic nitrogens is 1. The lowest BCUT2D eigenvalue weighted by atomic mass is 9.84. The Hall–Kier alpha value is -2.43. The van der Waals surface area contributed by atoms with E-state index in [1.54, 1.807) is 24.4 Å². The summed E-state index contributed by atoms with van der Waals surface area (Å²) in [5.41, 5.74) is 2.11. The Kier molecular flexibility index (Phi) is 6.43. The number of aryl methyl sites for hydroxylation is 1. The molecule has 144 valence electrons. The number of carbonyl (C=O) groups is 1. The van der Waals surface area contributed by atoms with E-state index in [-0.39, 0.29) is 24.4 Å². The minimum absolute atomic E-state index is 0.0882. The van der Waals surface area contributed by atoms with Crippen LogP contribution in [-0.4, -0.2) is 16.9 Å². The van der Waals surface area contributed by atoms with Gasteiger partial charge in [-0.3, -0.25) is 4.79 Å². The number of rotatable bonds is 6. The topological polar surface area (TPSA) is 51.2 Å². The van der Waals surface area contributed by atoms with Crippen molar-refractivity contribution in [1.82, 2.24) is 10.3 Å². The number of amides is 1. The monoisotopic (exact) mass is 370 g/mol. The van der Waals surface area contributed by atoms with Gasteiger partial charge in [0.15, 0.2) is 0 Å². The Labute approximate surface area is 160 Å². The molecule has 0 saturated heterocycles. The fourth-order valence-corrected chi connectivity index (χ4v) is 3.67. The van der Waals surface area contributed by atoms with Crippen LogP contribution in [0.15, 0.2) is 36.5 Å². The highest BCUT2D eigenvalue weighted by atomic mass is 19.1. The van der Waals surface area contributed by atoms with Gasteiger partial charge in [-0.2, -0.15) is 0 Å². The Morgan fingerprint density at radius 3 is 2.78 bits per heavy atom. The lowest BCUT2D eigenvalue weighted by Gasteiger charge is -2.28. The highest BCUT2D eigenvalue weighted by Crippen LogP contribution is 2.26. The first kappa shape index (κ1) is 19.3. The molecule has 5 heteroatoms. The molecule has 1 aromatic heterocycles. The van der Waals surface area contributed by atoms with Crippen molar-refractivity contribution in [2.75, 3.05) is 0 Å². The van der Waals surface area contributed by atoms with Gasteiger partial charge in [0, 0.05) is 18.3 Å². The fraction of sp³-hybridized carbons (Fsp3) is 0.455. The highest BCUT2D eigenvalue weighted by Gasteiger charge is 2.22. The lowest BCUT2D eigenvalue weighted by Crippen LogP contribution is -2.39. The van der Waals surface area contributed by atoms with Crippen molar-refractivity contribution < 1.29 is 13.9 Å². The van der Waals surface area contributed by atoms with Crippen molar-refractivity contribution >= 4 is 5.91 Å². The molecule has 1 aliphatic rings. The predicted molar refractivity (Wildman–Crippen MR) is 103 cm³/mol. The Morgan fingerprint density at radius 2 is 2.07 bits per heavy atom. The van der Waals surface area contributed by atoms with Crippen molar-refractivity contribution in [1.29, 1.82) is 0 Å². The molecule has 1 unspecified atom stereocenters. The summed E-state index contributed by atoms with van der Waals surface area (Å²) in [7, 11) is 0. The second kappa shape index (κ2) is 8.98. The average Bonchev–Trinajstić information content (AvgIpc) is 2.67. The van der Waals surface area contributed by atoms with Gasteiger partial charge >= 0.3 is 0 Å². The summed E-state index contributed by atoms with van der Waals surface area (Å²) in [6.07, 6.45) is 7.74. The van der Waals surface area contributed by atoms with Gasteiger partial charge in [-0.1, -0.05) is 31.4 Å². The first-order valence-corrected chi connectivity index (χ1v) is 9.67. The van der Waals surface area contributed by atoms with Crippen molar-refractivity contribution in [3.8, 4) is 5.88 Å². The molecular weight excluding hydrogens is 343 g/mol. The van der Waals surface area contributed by atoms with Crippen molar-refractivity contribution in [2.24, 2.45) is 5.92 Å². The summed E-state index contributed by atoms with van der Waals surface area (Å²) < 4.78 is 18.9. The second-order valence-corrected chi connectivity index (χ2v) is 7.42. The minimum atomic E-state index is -0.292. The van der Waals surface area contributed by atoms with Crippen molar-refractivity contribution in [2.45, 2.75) is 58.6 Å². The van der Waals surface area contributed by atoms with Crippen LogP contribution in [0.5, 0.6) is 5.88 Å². The number of halogens is 1. The zero-order chi connectivity index (χ0) is 19.2. The van der Waals surface area contributed by atoms with Gasteiger partial charge in [0.25, 0.3) is 5.91 Å². The van der Waals surface area contributed by atoms with Crippen LogP contribution < -0.4 is 10.1 Å². The Bertz CT molecular complexity index is 788. The summed E-state index contributed by atoms with van der Waals surface area (Å²) in [6, 6.07) is 8.19. The van der Waals surface area contributed by atoms with Crippen molar-refractivity contribution in [3.63, 3.8) is 0 Å². The van der Waals surface area contributed by atoms with E-state index in [9.17, 15) is 9.18 Å². The van der Waals surface area contributed by atoms with Crippen LogP contribution >= 0.6 is 0 Å². The summed E-state index contributed by atoms with van der Waals surface area (Å²) in [5, 5.41) is 3.13. The quantitative estimate of drug-likeness (QED) is 0.794. The van der Waals surface area contributed by atoms with Crippen molar-refractivity contribution in [3.05, 3.63) is 59.0 Å². The molecule has 0 spiro atoms. The number of carbonyl (C=O) groups excluding carboxylic acids is 1. The summed E-state index contributed by atoms with van der Waals surface area (Å²) in [4.78, 5) is 16.9. The van der Waals surface area contributed by atoms with E-state index >= 15 is 0 Å². The number of benzene rings is 1. The van der Waals surface area contributed by atoms with Gasteiger partial charge in [0.05, 0.1) is 5.56 Å². The molecule has 1 heterocycles. The molecule has 0 aliphatic heterocycles. The maximum Gasteiger partial charge on any atom is 0.253 e. The van der Waals surface area contributed by atoms with E-state index < -0.39 is 0 Å². The Balaban J connectivity index is 1.59. The molecule has 1 saturated carbocycles. The molecule has 0 bridgehead atoms. The molecule has 1 aliphatic carbocycles. The zero-order valence-electron chi connectivity index (χ0n) is 16.0. The first-order valence-electron chi connectivity index (χ1n) is 9.67. The van der Waals surface area contributed by atoms with Gasteiger partial charge in [0.1, 0.15) is 12.4 Å². The molecule has 2 aromatic rings. The third kappa shape index (κ3) is 5.28. The van der Waals surface area contributed by atoms with Crippen LogP contribution in [0.25, 0.3) is 0 Å². The second-order valence-electron chi connectivity index (χ2n) is 7.42. The third-order valence-electron chi connectivity index (χ3n) is 5.32. The maximum atomic E-state index is 13.2. The zero-order valence-corrected chi connectivity index (χ0v) is 16.0. The standard InChI is InChI=1S/C22H27FN2O2/c1-15-11-21(27-14-17-7-6-10-19(23)12-17)24-13-20(15)22(26)25-16(2)18-8-4-3-5-9-18/h6-7,10-13,16,18H,3-5,8-9,14H2,1-2H3,(H,25,26). The van der Waals surface area contributed by atoms with Gasteiger partial charge in [-0.15, -0.1) is 0 Å². The van der Waals surface area contributed by atoms with Crippen LogP contribution in [0, 0.1) is 18.7 Å². The first-order chi connectivity index (χ1) is 13.0. The number of nitrogens with zero attached hydrogens (tertiary/aromatic N) is 1. The molecule has 27 heavy (non-hydrogen) atoms. The summed E-state index contributed by atoms with van der Waals surface area (Å²) in [6.45, 7) is 4.19. The van der Waals surface area contributed by atoms with E-state index in [1.807, 2.05) is 6.92 Å². The molecule has 1 amide bonds. The number of hydrogen-bond acceptors (Lipinski definition) is 3. The van der Waals surface area contributed by atoms with E-state index in [1.165, 1.54) is 44.2 Å². The molecule has 1 atom stereocenters. The molecule has 1 N–H and O–H groups in total.